The molecule has 0 unspecified atom stereocenters. The third kappa shape index (κ3) is 3.42. The summed E-state index contributed by atoms with van der Waals surface area (Å²) in [7, 11) is 0. The van der Waals surface area contributed by atoms with Crippen molar-refractivity contribution in [3.05, 3.63) is 23.9 Å². The van der Waals surface area contributed by atoms with Crippen LogP contribution in [0.5, 0.6) is 0 Å². The molecule has 1 aromatic rings. The lowest BCUT2D eigenvalue weighted by Crippen LogP contribution is -2.15. The Kier molecular flexibility index (Phi) is 3.55. The monoisotopic (exact) mass is 218 g/mol. The molecule has 0 saturated heterocycles. The number of halogens is 3. The molecule has 0 amide bonds. The van der Waals surface area contributed by atoms with E-state index in [0.717, 1.165) is 6.07 Å². The first-order valence-corrected chi connectivity index (χ1v) is 4.67. The minimum absolute atomic E-state index is 0.0984. The van der Waals surface area contributed by atoms with E-state index < -0.39 is 11.7 Å². The molecule has 1 N–H and O–H groups in total. The lowest BCUT2D eigenvalue weighted by Gasteiger charge is -2.14. The van der Waals surface area contributed by atoms with Gasteiger partial charge in [0, 0.05) is 12.7 Å². The van der Waals surface area contributed by atoms with Gasteiger partial charge in [-0.2, -0.15) is 13.2 Å². The van der Waals surface area contributed by atoms with Gasteiger partial charge in [0.05, 0.1) is 5.56 Å². The molecule has 0 spiro atoms. The predicted octanol–water partition coefficient (Wildman–Crippen LogP) is 3.17. The van der Waals surface area contributed by atoms with Crippen LogP contribution in [0.3, 0.4) is 0 Å². The first-order valence-electron chi connectivity index (χ1n) is 4.67. The molecule has 0 aliphatic heterocycles. The second-order valence-electron chi connectivity index (χ2n) is 3.67. The summed E-state index contributed by atoms with van der Waals surface area (Å²) in [6, 6.07) is 2.30. The molecule has 0 bridgehead atoms. The molecular formula is C10H13F3N2. The van der Waals surface area contributed by atoms with Crippen LogP contribution < -0.4 is 5.32 Å². The average Bonchev–Trinajstić information content (AvgIpc) is 2.13. The summed E-state index contributed by atoms with van der Waals surface area (Å²) >= 11 is 0. The minimum Gasteiger partial charge on any atom is -0.369 e. The van der Waals surface area contributed by atoms with Crippen molar-refractivity contribution in [2.45, 2.75) is 20.0 Å². The van der Waals surface area contributed by atoms with Gasteiger partial charge in [-0.15, -0.1) is 0 Å². The molecule has 84 valence electrons. The molecule has 2 nitrogen and oxygen atoms in total. The van der Waals surface area contributed by atoms with Crippen molar-refractivity contribution >= 4 is 5.82 Å². The summed E-state index contributed by atoms with van der Waals surface area (Å²) in [6.07, 6.45) is -3.01. The van der Waals surface area contributed by atoms with E-state index in [1.807, 2.05) is 13.8 Å². The average molecular weight is 218 g/mol. The highest BCUT2D eigenvalue weighted by Crippen LogP contribution is 2.33. The van der Waals surface area contributed by atoms with Gasteiger partial charge < -0.3 is 5.32 Å². The van der Waals surface area contributed by atoms with Gasteiger partial charge in [0.2, 0.25) is 0 Å². The first-order chi connectivity index (χ1) is 6.91. The van der Waals surface area contributed by atoms with E-state index in [1.54, 1.807) is 0 Å². The second-order valence-corrected chi connectivity index (χ2v) is 3.67. The van der Waals surface area contributed by atoms with Crippen molar-refractivity contribution in [2.75, 3.05) is 11.9 Å². The van der Waals surface area contributed by atoms with Crippen LogP contribution in [-0.2, 0) is 6.18 Å². The highest BCUT2D eigenvalue weighted by Gasteiger charge is 2.33. The van der Waals surface area contributed by atoms with E-state index in [4.69, 9.17) is 0 Å². The van der Waals surface area contributed by atoms with Gasteiger partial charge >= 0.3 is 6.18 Å². The van der Waals surface area contributed by atoms with Gasteiger partial charge in [0.1, 0.15) is 5.82 Å². The molecule has 0 aliphatic rings. The summed E-state index contributed by atoms with van der Waals surface area (Å²) < 4.78 is 37.5. The van der Waals surface area contributed by atoms with E-state index in [1.165, 1.54) is 12.3 Å². The Morgan fingerprint density at radius 3 is 2.60 bits per heavy atom. The molecule has 1 heterocycles. The molecule has 0 fully saturated rings. The maximum Gasteiger partial charge on any atom is 0.419 e. The maximum atomic E-state index is 12.5. The van der Waals surface area contributed by atoms with E-state index in [-0.39, 0.29) is 11.7 Å². The van der Waals surface area contributed by atoms with Crippen LogP contribution in [0.15, 0.2) is 18.3 Å². The fraction of sp³-hybridized carbons (Fsp3) is 0.500. The maximum absolute atomic E-state index is 12.5. The van der Waals surface area contributed by atoms with Crippen LogP contribution in [0.1, 0.15) is 19.4 Å². The van der Waals surface area contributed by atoms with Crippen LogP contribution in [0.4, 0.5) is 19.0 Å². The lowest BCUT2D eigenvalue weighted by atomic mass is 10.2. The number of hydrogen-bond acceptors (Lipinski definition) is 2. The normalized spacial score (nSPS) is 11.9. The zero-order chi connectivity index (χ0) is 11.5. The number of alkyl halides is 3. The van der Waals surface area contributed by atoms with Crippen LogP contribution >= 0.6 is 0 Å². The van der Waals surface area contributed by atoms with Gasteiger partial charge in [-0.05, 0) is 18.1 Å². The van der Waals surface area contributed by atoms with Crippen LogP contribution in [0, 0.1) is 5.92 Å². The molecule has 5 heteroatoms. The molecule has 1 aromatic heterocycles. The van der Waals surface area contributed by atoms with Gasteiger partial charge in [-0.25, -0.2) is 4.98 Å². The molecule has 0 atom stereocenters. The van der Waals surface area contributed by atoms with Gasteiger partial charge in [-0.3, -0.25) is 0 Å². The Morgan fingerprint density at radius 1 is 1.40 bits per heavy atom. The van der Waals surface area contributed by atoms with Crippen LogP contribution in [-0.4, -0.2) is 11.5 Å². The molecule has 1 rings (SSSR count). The smallest absolute Gasteiger partial charge is 0.369 e. The second kappa shape index (κ2) is 4.51. The molecule has 0 saturated carbocycles. The molecule has 0 aliphatic carbocycles. The standard InChI is InChI=1S/C10H13F3N2/c1-7(2)6-15-9-8(10(11,12)13)4-3-5-14-9/h3-5,7H,6H2,1-2H3,(H,14,15). The molecule has 15 heavy (non-hydrogen) atoms. The van der Waals surface area contributed by atoms with Crippen LogP contribution in [0.25, 0.3) is 0 Å². The van der Waals surface area contributed by atoms with Crippen molar-refractivity contribution in [1.82, 2.24) is 4.98 Å². The zero-order valence-corrected chi connectivity index (χ0v) is 8.60. The third-order valence-electron chi connectivity index (χ3n) is 1.79. The Labute approximate surface area is 86.5 Å². The molecule has 0 radical (unpaired) electrons. The van der Waals surface area contributed by atoms with Gasteiger partial charge in [0.25, 0.3) is 0 Å². The van der Waals surface area contributed by atoms with E-state index in [2.05, 4.69) is 10.3 Å². The first kappa shape index (κ1) is 11.8. The van der Waals surface area contributed by atoms with Crippen molar-refractivity contribution in [1.29, 1.82) is 0 Å². The lowest BCUT2D eigenvalue weighted by molar-refractivity contribution is -0.137. The summed E-state index contributed by atoms with van der Waals surface area (Å²) in [4.78, 5) is 3.69. The van der Waals surface area contributed by atoms with Gasteiger partial charge in [-0.1, -0.05) is 13.8 Å². The number of nitrogens with one attached hydrogen (secondary N) is 1. The SMILES string of the molecule is CC(C)CNc1ncccc1C(F)(F)F. The minimum atomic E-state index is -4.35. The third-order valence-corrected chi connectivity index (χ3v) is 1.79. The van der Waals surface area contributed by atoms with Crippen molar-refractivity contribution in [2.24, 2.45) is 5.92 Å². The van der Waals surface area contributed by atoms with E-state index >= 15 is 0 Å². The number of nitrogens with zero attached hydrogens (tertiary/aromatic N) is 1. The van der Waals surface area contributed by atoms with Crippen molar-refractivity contribution in [3.63, 3.8) is 0 Å². The Hall–Kier alpha value is -1.26. The number of anilines is 1. The topological polar surface area (TPSA) is 24.9 Å². The number of rotatable bonds is 3. The molecular weight excluding hydrogens is 205 g/mol. The summed E-state index contributed by atoms with van der Waals surface area (Å²) in [5.74, 6) is 0.173. The number of pyridine rings is 1. The number of hydrogen-bond donors (Lipinski definition) is 1. The highest BCUT2D eigenvalue weighted by atomic mass is 19.4. The van der Waals surface area contributed by atoms with Crippen molar-refractivity contribution in [3.8, 4) is 0 Å². The Balaban J connectivity index is 2.87. The zero-order valence-electron chi connectivity index (χ0n) is 8.60. The highest BCUT2D eigenvalue weighted by molar-refractivity contribution is 5.45. The predicted molar refractivity (Wildman–Crippen MR) is 52.6 cm³/mol. The summed E-state index contributed by atoms with van der Waals surface area (Å²) in [5.41, 5.74) is -0.717. The van der Waals surface area contributed by atoms with Crippen LogP contribution in [0.2, 0.25) is 0 Å². The fourth-order valence-corrected chi connectivity index (χ4v) is 1.08. The Bertz CT molecular complexity index is 321. The quantitative estimate of drug-likeness (QED) is 0.842. The number of aromatic nitrogens is 1. The van der Waals surface area contributed by atoms with E-state index in [9.17, 15) is 13.2 Å². The summed E-state index contributed by atoms with van der Waals surface area (Å²) in [6.45, 7) is 4.31. The molecule has 0 aromatic carbocycles. The largest absolute Gasteiger partial charge is 0.419 e. The van der Waals surface area contributed by atoms with Crippen molar-refractivity contribution < 1.29 is 13.2 Å². The fourth-order valence-electron chi connectivity index (χ4n) is 1.08. The summed E-state index contributed by atoms with van der Waals surface area (Å²) in [5, 5.41) is 2.69. The Morgan fingerprint density at radius 2 is 2.07 bits per heavy atom. The van der Waals surface area contributed by atoms with Gasteiger partial charge in [0.15, 0.2) is 0 Å². The van der Waals surface area contributed by atoms with E-state index in [0.29, 0.717) is 6.54 Å².